The molecule has 0 saturated heterocycles. The van der Waals surface area contributed by atoms with E-state index in [1.165, 1.54) is 5.56 Å². The Balaban J connectivity index is 2.08. The molecule has 2 nitrogen and oxygen atoms in total. The molecule has 2 heteroatoms. The number of hydrogen-bond acceptors (Lipinski definition) is 2. The normalized spacial score (nSPS) is 19.4. The standard InChI is InChI=1S/C16H22O2/c1-16(2,3)10-8-14(17)15-13-7-5-4-6-12(13)9-11-18-15/h4-7,15H,8-11H2,1-3H3. The van der Waals surface area contributed by atoms with Gasteiger partial charge in [-0.2, -0.15) is 0 Å². The highest BCUT2D eigenvalue weighted by Crippen LogP contribution is 2.30. The van der Waals surface area contributed by atoms with Gasteiger partial charge >= 0.3 is 0 Å². The largest absolute Gasteiger partial charge is 0.365 e. The fraction of sp³-hybridized carbons (Fsp3) is 0.562. The van der Waals surface area contributed by atoms with Crippen molar-refractivity contribution in [1.82, 2.24) is 0 Å². The lowest BCUT2D eigenvalue weighted by Gasteiger charge is -2.26. The van der Waals surface area contributed by atoms with Gasteiger partial charge in [0.25, 0.3) is 0 Å². The van der Waals surface area contributed by atoms with E-state index in [4.69, 9.17) is 4.74 Å². The topological polar surface area (TPSA) is 26.3 Å². The first-order valence-corrected chi connectivity index (χ1v) is 6.69. The second-order valence-electron chi connectivity index (χ2n) is 6.23. The Bertz CT molecular complexity index is 429. The summed E-state index contributed by atoms with van der Waals surface area (Å²) in [5.41, 5.74) is 2.53. The zero-order chi connectivity index (χ0) is 13.2. The first kappa shape index (κ1) is 13.3. The lowest BCUT2D eigenvalue weighted by atomic mass is 9.87. The van der Waals surface area contributed by atoms with Crippen molar-refractivity contribution >= 4 is 5.78 Å². The lowest BCUT2D eigenvalue weighted by Crippen LogP contribution is -2.24. The molecule has 18 heavy (non-hydrogen) atoms. The zero-order valence-corrected chi connectivity index (χ0v) is 11.5. The van der Waals surface area contributed by atoms with E-state index >= 15 is 0 Å². The number of fused-ring (bicyclic) bond motifs is 1. The summed E-state index contributed by atoms with van der Waals surface area (Å²) in [5.74, 6) is 0.220. The molecule has 1 atom stereocenters. The molecule has 1 aromatic carbocycles. The van der Waals surface area contributed by atoms with Gasteiger partial charge in [-0.25, -0.2) is 0 Å². The minimum atomic E-state index is -0.336. The number of Topliss-reactive ketones (excluding diaryl/α,β-unsaturated/α-hetero) is 1. The molecule has 0 bridgehead atoms. The molecule has 1 aliphatic heterocycles. The van der Waals surface area contributed by atoms with Crippen molar-refractivity contribution in [3.63, 3.8) is 0 Å². The first-order valence-electron chi connectivity index (χ1n) is 6.69. The van der Waals surface area contributed by atoms with E-state index in [1.54, 1.807) is 0 Å². The molecule has 1 heterocycles. The molecule has 0 N–H and O–H groups in total. The van der Waals surface area contributed by atoms with Gasteiger partial charge in [0.2, 0.25) is 0 Å². The van der Waals surface area contributed by atoms with Gasteiger partial charge in [0, 0.05) is 6.42 Å². The van der Waals surface area contributed by atoms with Crippen molar-refractivity contribution in [3.8, 4) is 0 Å². The summed E-state index contributed by atoms with van der Waals surface area (Å²) >= 11 is 0. The van der Waals surface area contributed by atoms with Crippen LogP contribution in [0, 0.1) is 5.41 Å². The maximum Gasteiger partial charge on any atom is 0.166 e. The van der Waals surface area contributed by atoms with Crippen molar-refractivity contribution in [3.05, 3.63) is 35.4 Å². The summed E-state index contributed by atoms with van der Waals surface area (Å²) in [6, 6.07) is 8.13. The van der Waals surface area contributed by atoms with Crippen molar-refractivity contribution in [2.24, 2.45) is 5.41 Å². The first-order chi connectivity index (χ1) is 8.47. The second kappa shape index (κ2) is 5.23. The fourth-order valence-corrected chi connectivity index (χ4v) is 2.29. The Labute approximate surface area is 109 Å². The van der Waals surface area contributed by atoms with Gasteiger partial charge in [0.15, 0.2) is 5.78 Å². The van der Waals surface area contributed by atoms with Crippen LogP contribution in [0.25, 0.3) is 0 Å². The number of ether oxygens (including phenoxy) is 1. The Hall–Kier alpha value is -1.15. The summed E-state index contributed by atoms with van der Waals surface area (Å²) in [6.45, 7) is 7.14. The van der Waals surface area contributed by atoms with E-state index in [2.05, 4.69) is 26.8 Å². The third-order valence-corrected chi connectivity index (χ3v) is 3.41. The van der Waals surface area contributed by atoms with Crippen LogP contribution in [0.2, 0.25) is 0 Å². The minimum Gasteiger partial charge on any atom is -0.365 e. The van der Waals surface area contributed by atoms with Gasteiger partial charge in [-0.1, -0.05) is 45.0 Å². The van der Waals surface area contributed by atoms with Gasteiger partial charge < -0.3 is 4.74 Å². The maximum absolute atomic E-state index is 12.3. The van der Waals surface area contributed by atoms with Crippen LogP contribution in [0.5, 0.6) is 0 Å². The number of rotatable bonds is 3. The van der Waals surface area contributed by atoms with E-state index in [0.29, 0.717) is 13.0 Å². The molecule has 2 rings (SSSR count). The molecule has 1 aromatic rings. The predicted octanol–water partition coefficient (Wildman–Crippen LogP) is 3.70. The highest BCUT2D eigenvalue weighted by Gasteiger charge is 2.27. The van der Waals surface area contributed by atoms with Gasteiger partial charge in [0.05, 0.1) is 6.61 Å². The minimum absolute atomic E-state index is 0.198. The number of ketones is 1. The van der Waals surface area contributed by atoms with E-state index in [1.807, 2.05) is 18.2 Å². The second-order valence-corrected chi connectivity index (χ2v) is 6.23. The summed E-state index contributed by atoms with van der Waals surface area (Å²) in [5, 5.41) is 0. The molecule has 0 aromatic heterocycles. The van der Waals surface area contributed by atoms with Gasteiger partial charge in [0.1, 0.15) is 6.10 Å². The monoisotopic (exact) mass is 246 g/mol. The lowest BCUT2D eigenvalue weighted by molar-refractivity contribution is -0.132. The molecule has 0 radical (unpaired) electrons. The van der Waals surface area contributed by atoms with Crippen LogP contribution in [-0.2, 0) is 16.0 Å². The van der Waals surface area contributed by atoms with E-state index in [-0.39, 0.29) is 17.3 Å². The van der Waals surface area contributed by atoms with Gasteiger partial charge in [-0.05, 0) is 29.4 Å². The van der Waals surface area contributed by atoms with Gasteiger partial charge in [-0.15, -0.1) is 0 Å². The Morgan fingerprint density at radius 1 is 1.33 bits per heavy atom. The van der Waals surface area contributed by atoms with E-state index in [0.717, 1.165) is 18.4 Å². The van der Waals surface area contributed by atoms with Gasteiger partial charge in [-0.3, -0.25) is 4.79 Å². The van der Waals surface area contributed by atoms with Crippen LogP contribution in [0.4, 0.5) is 0 Å². The average molecular weight is 246 g/mol. The SMILES string of the molecule is CC(C)(C)CCC(=O)C1OCCc2ccccc21. The molecule has 1 aliphatic rings. The van der Waals surface area contributed by atoms with Crippen LogP contribution in [0.1, 0.15) is 50.8 Å². The molecule has 0 aliphatic carbocycles. The van der Waals surface area contributed by atoms with Crippen molar-refractivity contribution in [1.29, 1.82) is 0 Å². The smallest absolute Gasteiger partial charge is 0.166 e. The van der Waals surface area contributed by atoms with Crippen molar-refractivity contribution in [2.75, 3.05) is 6.61 Å². The Morgan fingerprint density at radius 2 is 2.06 bits per heavy atom. The molecular weight excluding hydrogens is 224 g/mol. The third kappa shape index (κ3) is 3.20. The molecule has 0 fully saturated rings. The Kier molecular flexibility index (Phi) is 3.86. The quantitative estimate of drug-likeness (QED) is 0.813. The summed E-state index contributed by atoms with van der Waals surface area (Å²) in [7, 11) is 0. The molecule has 0 saturated carbocycles. The van der Waals surface area contributed by atoms with Crippen LogP contribution in [0.15, 0.2) is 24.3 Å². The van der Waals surface area contributed by atoms with Crippen LogP contribution in [0.3, 0.4) is 0 Å². The fourth-order valence-electron chi connectivity index (χ4n) is 2.29. The number of benzene rings is 1. The predicted molar refractivity (Wildman–Crippen MR) is 72.5 cm³/mol. The van der Waals surface area contributed by atoms with Crippen LogP contribution < -0.4 is 0 Å². The van der Waals surface area contributed by atoms with E-state index < -0.39 is 0 Å². The molecule has 98 valence electrons. The highest BCUT2D eigenvalue weighted by atomic mass is 16.5. The number of carbonyl (C=O) groups excluding carboxylic acids is 1. The third-order valence-electron chi connectivity index (χ3n) is 3.41. The van der Waals surface area contributed by atoms with Crippen LogP contribution in [-0.4, -0.2) is 12.4 Å². The maximum atomic E-state index is 12.3. The molecule has 1 unspecified atom stereocenters. The molecular formula is C16H22O2. The average Bonchev–Trinajstić information content (AvgIpc) is 2.34. The van der Waals surface area contributed by atoms with Crippen LogP contribution >= 0.6 is 0 Å². The summed E-state index contributed by atoms with van der Waals surface area (Å²) in [4.78, 5) is 12.3. The molecule has 0 amide bonds. The van der Waals surface area contributed by atoms with Crippen molar-refractivity contribution < 1.29 is 9.53 Å². The Morgan fingerprint density at radius 3 is 2.78 bits per heavy atom. The summed E-state index contributed by atoms with van der Waals surface area (Å²) in [6.07, 6.45) is 2.09. The summed E-state index contributed by atoms with van der Waals surface area (Å²) < 4.78 is 5.68. The molecule has 0 spiro atoms. The highest BCUT2D eigenvalue weighted by molar-refractivity contribution is 5.85. The zero-order valence-electron chi connectivity index (χ0n) is 11.5. The number of carbonyl (C=O) groups is 1. The van der Waals surface area contributed by atoms with Crippen molar-refractivity contribution in [2.45, 2.75) is 46.1 Å². The van der Waals surface area contributed by atoms with E-state index in [9.17, 15) is 4.79 Å². The number of hydrogen-bond donors (Lipinski definition) is 0.